The van der Waals surface area contributed by atoms with E-state index in [9.17, 15) is 4.79 Å². The van der Waals surface area contributed by atoms with Gasteiger partial charge in [0.2, 0.25) is 0 Å². The van der Waals surface area contributed by atoms with E-state index in [4.69, 9.17) is 44.8 Å². The Morgan fingerprint density at radius 2 is 1.81 bits per heavy atom. The number of carbonyl (C=O) groups is 1. The van der Waals surface area contributed by atoms with E-state index in [2.05, 4.69) is 42.5 Å². The maximum absolute atomic E-state index is 12.8. The summed E-state index contributed by atoms with van der Waals surface area (Å²) in [7, 11) is 0. The Balaban J connectivity index is 1.36. The van der Waals surface area contributed by atoms with Gasteiger partial charge in [0, 0.05) is 20.1 Å². The Morgan fingerprint density at radius 1 is 1.00 bits per heavy atom. The Morgan fingerprint density at radius 3 is 2.58 bits per heavy atom. The first kappa shape index (κ1) is 25.4. The molecule has 0 aliphatic heterocycles. The van der Waals surface area contributed by atoms with Crippen LogP contribution >= 0.6 is 78.6 Å². The lowest BCUT2D eigenvalue weighted by atomic mass is 10.2. The topological polar surface area (TPSA) is 67.2 Å². The Hall–Kier alpha value is -2.27. The van der Waals surface area contributed by atoms with Crippen LogP contribution in [-0.4, -0.2) is 16.0 Å². The summed E-state index contributed by atoms with van der Waals surface area (Å²) in [5, 5.41) is 7.55. The second-order valence-corrected chi connectivity index (χ2v) is 11.5. The SMILES string of the molecule is O=C(NC(=S)Nc1c(Br)cc(Br)cc1-c1nc2ccccc2s1)c1ccc(-c2ccc(Cl)c(Cl)c2)o1. The number of nitrogens with one attached hydrogen (secondary N) is 2. The average Bonchev–Trinajstić information content (AvgIpc) is 3.50. The van der Waals surface area contributed by atoms with Crippen LogP contribution in [0.25, 0.3) is 32.1 Å². The first-order chi connectivity index (χ1) is 17.3. The number of benzene rings is 3. The number of thiocarbonyl (C=S) groups is 1. The molecule has 0 saturated carbocycles. The summed E-state index contributed by atoms with van der Waals surface area (Å²) in [6.45, 7) is 0. The van der Waals surface area contributed by atoms with Crippen molar-refractivity contribution in [1.29, 1.82) is 0 Å². The van der Waals surface area contributed by atoms with Gasteiger partial charge in [-0.15, -0.1) is 11.3 Å². The summed E-state index contributed by atoms with van der Waals surface area (Å²) in [5.41, 5.74) is 3.11. The van der Waals surface area contributed by atoms with Crippen LogP contribution < -0.4 is 10.6 Å². The van der Waals surface area contributed by atoms with E-state index >= 15 is 0 Å². The lowest BCUT2D eigenvalue weighted by molar-refractivity contribution is 0.0951. The normalized spacial score (nSPS) is 11.0. The number of halogens is 4. The lowest BCUT2D eigenvalue weighted by Gasteiger charge is -2.14. The molecule has 0 aliphatic rings. The van der Waals surface area contributed by atoms with E-state index in [0.717, 1.165) is 29.7 Å². The molecule has 0 radical (unpaired) electrons. The zero-order valence-corrected chi connectivity index (χ0v) is 24.3. The molecule has 0 aliphatic carbocycles. The fraction of sp³-hybridized carbons (Fsp3) is 0. The Kier molecular flexibility index (Phi) is 7.48. The summed E-state index contributed by atoms with van der Waals surface area (Å²) in [6, 6.07) is 20.1. The van der Waals surface area contributed by atoms with Gasteiger partial charge in [-0.25, -0.2) is 4.98 Å². The third kappa shape index (κ3) is 5.37. The van der Waals surface area contributed by atoms with Crippen LogP contribution in [0.4, 0.5) is 5.69 Å². The van der Waals surface area contributed by atoms with Gasteiger partial charge in [-0.2, -0.15) is 0 Å². The smallest absolute Gasteiger partial charge is 0.293 e. The summed E-state index contributed by atoms with van der Waals surface area (Å²) in [6.07, 6.45) is 0. The Bertz CT molecular complexity index is 1620. The molecular formula is C25H13Br2Cl2N3O2S2. The lowest BCUT2D eigenvalue weighted by Crippen LogP contribution is -2.34. The molecule has 0 unspecified atom stereocenters. The van der Waals surface area contributed by atoms with E-state index in [1.807, 2.05) is 36.4 Å². The van der Waals surface area contributed by atoms with Crippen LogP contribution in [0.15, 0.2) is 80.1 Å². The molecule has 5 nitrogen and oxygen atoms in total. The average molecular weight is 682 g/mol. The number of anilines is 1. The van der Waals surface area contributed by atoms with Gasteiger partial charge in [-0.1, -0.05) is 51.3 Å². The highest BCUT2D eigenvalue weighted by Gasteiger charge is 2.18. The number of hydrogen-bond acceptors (Lipinski definition) is 5. The van der Waals surface area contributed by atoms with Gasteiger partial charge in [0.15, 0.2) is 10.9 Å². The van der Waals surface area contributed by atoms with Crippen LogP contribution in [0, 0.1) is 0 Å². The monoisotopic (exact) mass is 679 g/mol. The van der Waals surface area contributed by atoms with Crippen LogP contribution in [0.5, 0.6) is 0 Å². The molecule has 0 spiro atoms. The standard InChI is InChI=1S/C25H13Br2Cl2N3O2S2/c26-13-10-14(24-30-18-3-1-2-4-21(18)36-24)22(15(27)11-13)31-25(35)32-23(33)20-8-7-19(34-20)12-5-6-16(28)17(29)9-12/h1-11H,(H2,31,32,33,35). The minimum absolute atomic E-state index is 0.0986. The van der Waals surface area contributed by atoms with Gasteiger partial charge in [-0.3, -0.25) is 10.1 Å². The molecule has 2 N–H and O–H groups in total. The van der Waals surface area contributed by atoms with E-state index in [-0.39, 0.29) is 10.9 Å². The number of hydrogen-bond donors (Lipinski definition) is 2. The second kappa shape index (κ2) is 10.6. The molecular weight excluding hydrogens is 669 g/mol. The van der Waals surface area contributed by atoms with Crippen molar-refractivity contribution in [3.05, 3.63) is 91.5 Å². The zero-order chi connectivity index (χ0) is 25.4. The van der Waals surface area contributed by atoms with E-state index in [1.54, 1.807) is 41.7 Å². The van der Waals surface area contributed by atoms with Crippen molar-refractivity contribution in [2.45, 2.75) is 0 Å². The maximum Gasteiger partial charge on any atom is 0.293 e. The predicted molar refractivity (Wildman–Crippen MR) is 158 cm³/mol. The van der Waals surface area contributed by atoms with Gasteiger partial charge in [0.25, 0.3) is 5.91 Å². The minimum atomic E-state index is -0.492. The van der Waals surface area contributed by atoms with Gasteiger partial charge in [0.05, 0.1) is 25.9 Å². The molecule has 180 valence electrons. The molecule has 2 aromatic heterocycles. The second-order valence-electron chi connectivity index (χ2n) is 7.50. The van der Waals surface area contributed by atoms with Crippen molar-refractivity contribution >= 4 is 106 Å². The molecule has 1 amide bonds. The quantitative estimate of drug-likeness (QED) is 0.185. The zero-order valence-electron chi connectivity index (χ0n) is 17.9. The number of furan rings is 1. The fourth-order valence-corrected chi connectivity index (χ4v) is 6.24. The van der Waals surface area contributed by atoms with Crippen molar-refractivity contribution in [3.63, 3.8) is 0 Å². The fourth-order valence-electron chi connectivity index (χ4n) is 3.43. The van der Waals surface area contributed by atoms with Crippen molar-refractivity contribution in [1.82, 2.24) is 10.3 Å². The third-order valence-corrected chi connectivity index (χ3v) is 8.17. The van der Waals surface area contributed by atoms with Crippen LogP contribution in [0.3, 0.4) is 0 Å². The first-order valence-electron chi connectivity index (χ1n) is 10.3. The number of para-hydroxylation sites is 1. The summed E-state index contributed by atoms with van der Waals surface area (Å²) >= 11 is 26.2. The van der Waals surface area contributed by atoms with E-state index in [1.165, 1.54) is 0 Å². The molecule has 11 heteroatoms. The number of amides is 1. The van der Waals surface area contributed by atoms with Crippen molar-refractivity contribution < 1.29 is 9.21 Å². The highest BCUT2D eigenvalue weighted by atomic mass is 79.9. The largest absolute Gasteiger partial charge is 0.451 e. The van der Waals surface area contributed by atoms with Crippen molar-refractivity contribution in [3.8, 4) is 21.9 Å². The number of aromatic nitrogens is 1. The van der Waals surface area contributed by atoms with Gasteiger partial charge < -0.3 is 9.73 Å². The molecule has 0 saturated heterocycles. The van der Waals surface area contributed by atoms with Crippen LogP contribution in [0.1, 0.15) is 10.6 Å². The summed E-state index contributed by atoms with van der Waals surface area (Å²) < 4.78 is 8.41. The highest BCUT2D eigenvalue weighted by Crippen LogP contribution is 2.40. The van der Waals surface area contributed by atoms with Gasteiger partial charge in [-0.05, 0) is 82.7 Å². The van der Waals surface area contributed by atoms with Crippen LogP contribution in [0.2, 0.25) is 10.0 Å². The van der Waals surface area contributed by atoms with Crippen molar-refractivity contribution in [2.24, 2.45) is 0 Å². The van der Waals surface area contributed by atoms with Gasteiger partial charge in [0.1, 0.15) is 10.8 Å². The molecule has 36 heavy (non-hydrogen) atoms. The molecule has 0 fully saturated rings. The number of nitrogens with zero attached hydrogens (tertiary/aromatic N) is 1. The van der Waals surface area contributed by atoms with Crippen LogP contribution in [-0.2, 0) is 0 Å². The summed E-state index contributed by atoms with van der Waals surface area (Å²) in [5.74, 6) is 0.0847. The number of fused-ring (bicyclic) bond motifs is 1. The highest BCUT2D eigenvalue weighted by molar-refractivity contribution is 9.11. The van der Waals surface area contributed by atoms with Gasteiger partial charge >= 0.3 is 0 Å². The number of carbonyl (C=O) groups excluding carboxylic acids is 1. The molecule has 5 rings (SSSR count). The molecule has 3 aromatic carbocycles. The first-order valence-corrected chi connectivity index (χ1v) is 13.9. The molecule has 0 atom stereocenters. The molecule has 0 bridgehead atoms. The Labute approximate surface area is 242 Å². The number of rotatable bonds is 4. The van der Waals surface area contributed by atoms with E-state index < -0.39 is 5.91 Å². The maximum atomic E-state index is 12.8. The predicted octanol–water partition coefficient (Wildman–Crippen LogP) is 9.18. The van der Waals surface area contributed by atoms with E-state index in [0.29, 0.717) is 27.1 Å². The summed E-state index contributed by atoms with van der Waals surface area (Å²) in [4.78, 5) is 17.6. The third-order valence-electron chi connectivity index (χ3n) is 5.08. The van der Waals surface area contributed by atoms with Crippen molar-refractivity contribution in [2.75, 3.05) is 5.32 Å². The minimum Gasteiger partial charge on any atom is -0.451 e. The molecule has 2 heterocycles. The molecule has 5 aromatic rings. The number of thiazole rings is 1.